The lowest BCUT2D eigenvalue weighted by Gasteiger charge is -2.38. The number of aliphatic hydroxyl groups is 1. The number of rotatable bonds is 8. The fraction of sp³-hybridized carbons (Fsp3) is 0.625. The minimum absolute atomic E-state index is 0.705. The molecule has 0 bridgehead atoms. The Morgan fingerprint density at radius 2 is 1.71 bits per heavy atom. The van der Waals surface area contributed by atoms with Crippen LogP contribution in [0.3, 0.4) is 0 Å². The first-order chi connectivity index (χ1) is 9.67. The molecule has 1 aromatic rings. The Bertz CT molecular complexity index is 426. The van der Waals surface area contributed by atoms with Gasteiger partial charge in [-0.3, -0.25) is 0 Å². The van der Waals surface area contributed by atoms with Gasteiger partial charge < -0.3 is 14.8 Å². The topological polar surface area (TPSA) is 49.7 Å². The van der Waals surface area contributed by atoms with Crippen molar-refractivity contribution in [3.05, 3.63) is 29.8 Å². The van der Waals surface area contributed by atoms with Gasteiger partial charge >= 0.3 is 7.12 Å². The van der Waals surface area contributed by atoms with Crippen LogP contribution in [0.15, 0.2) is 24.3 Å². The molecule has 0 fully saturated rings. The van der Waals surface area contributed by atoms with Crippen molar-refractivity contribution < 1.29 is 14.8 Å². The van der Waals surface area contributed by atoms with Crippen molar-refractivity contribution in [2.75, 3.05) is 5.75 Å². The predicted octanol–water partition coefficient (Wildman–Crippen LogP) is 2.58. The molecule has 0 atom stereocenters. The molecule has 1 rings (SSSR count). The second-order valence-electron chi connectivity index (χ2n) is 6.33. The fourth-order valence-electron chi connectivity index (χ4n) is 1.60. The molecular formula is C16H27BO3S. The molecule has 0 heterocycles. The summed E-state index contributed by atoms with van der Waals surface area (Å²) in [6.07, 6.45) is 1.18. The third-order valence-corrected chi connectivity index (χ3v) is 5.00. The molecule has 0 unspecified atom stereocenters. The Morgan fingerprint density at radius 3 is 2.19 bits per heavy atom. The Hall–Kier alpha value is -0.485. The first kappa shape index (κ1) is 18.6. The predicted molar refractivity (Wildman–Crippen MR) is 92.0 cm³/mol. The van der Waals surface area contributed by atoms with Crippen LogP contribution in [0.2, 0.25) is 0 Å². The smallest absolute Gasteiger partial charge is 0.423 e. The van der Waals surface area contributed by atoms with Crippen molar-refractivity contribution >= 4 is 24.3 Å². The molecule has 2 N–H and O–H groups in total. The van der Waals surface area contributed by atoms with Crippen LogP contribution in [0.1, 0.15) is 46.6 Å². The maximum atomic E-state index is 10.2. The van der Waals surface area contributed by atoms with Gasteiger partial charge in [0.1, 0.15) is 0 Å². The first-order valence-corrected chi connectivity index (χ1v) is 8.57. The molecule has 0 amide bonds. The summed E-state index contributed by atoms with van der Waals surface area (Å²) < 4.78 is 5.63. The van der Waals surface area contributed by atoms with Crippen LogP contribution in [0.25, 0.3) is 0 Å². The van der Waals surface area contributed by atoms with E-state index in [0.717, 1.165) is 11.5 Å². The summed E-state index contributed by atoms with van der Waals surface area (Å²) in [4.78, 5) is 0. The highest BCUT2D eigenvalue weighted by Crippen LogP contribution is 2.25. The zero-order valence-corrected chi connectivity index (χ0v) is 14.5. The number of hydrogen-bond acceptors (Lipinski definition) is 4. The van der Waals surface area contributed by atoms with Crippen LogP contribution in [-0.4, -0.2) is 34.2 Å². The highest BCUT2D eigenvalue weighted by molar-refractivity contribution is 7.98. The van der Waals surface area contributed by atoms with Gasteiger partial charge in [-0.25, -0.2) is 0 Å². The normalized spacial score (nSPS) is 12.5. The van der Waals surface area contributed by atoms with Gasteiger partial charge in [0.05, 0.1) is 11.2 Å². The van der Waals surface area contributed by atoms with Gasteiger partial charge in [0.2, 0.25) is 0 Å². The van der Waals surface area contributed by atoms with Gasteiger partial charge in [-0.15, -0.1) is 0 Å². The summed E-state index contributed by atoms with van der Waals surface area (Å²) in [5.74, 6) is 2.15. The third-order valence-electron chi connectivity index (χ3n) is 3.76. The van der Waals surface area contributed by atoms with Crippen molar-refractivity contribution in [1.29, 1.82) is 0 Å². The van der Waals surface area contributed by atoms with E-state index in [-0.39, 0.29) is 0 Å². The maximum Gasteiger partial charge on any atom is 0.491 e. The molecule has 5 heteroatoms. The van der Waals surface area contributed by atoms with Crippen molar-refractivity contribution in [2.45, 2.75) is 58.0 Å². The summed E-state index contributed by atoms with van der Waals surface area (Å²) in [7, 11) is -1.04. The van der Waals surface area contributed by atoms with Crippen molar-refractivity contribution in [2.24, 2.45) is 0 Å². The number of hydrogen-bond donors (Lipinski definition) is 2. The molecule has 0 radical (unpaired) electrons. The zero-order valence-electron chi connectivity index (χ0n) is 13.7. The molecule has 21 heavy (non-hydrogen) atoms. The average Bonchev–Trinajstić information content (AvgIpc) is 2.38. The van der Waals surface area contributed by atoms with Crippen LogP contribution >= 0.6 is 11.8 Å². The van der Waals surface area contributed by atoms with Gasteiger partial charge in [0, 0.05) is 5.75 Å². The lowest BCUT2D eigenvalue weighted by Crippen LogP contribution is -2.53. The molecular weight excluding hydrogens is 283 g/mol. The van der Waals surface area contributed by atoms with E-state index in [2.05, 4.69) is 6.92 Å². The molecule has 118 valence electrons. The van der Waals surface area contributed by atoms with Crippen LogP contribution in [0.4, 0.5) is 0 Å². The monoisotopic (exact) mass is 310 g/mol. The summed E-state index contributed by atoms with van der Waals surface area (Å²) in [5.41, 5.74) is 0.0648. The largest absolute Gasteiger partial charge is 0.491 e. The average molecular weight is 310 g/mol. The summed E-state index contributed by atoms with van der Waals surface area (Å²) >= 11 is 1.91. The second-order valence-corrected chi connectivity index (χ2v) is 7.44. The van der Waals surface area contributed by atoms with Gasteiger partial charge in [0.15, 0.2) is 0 Å². The standard InChI is InChI=1S/C16H27BO3S/c1-6-11-21-12-13-7-9-14(10-8-13)17(19)20-16(4,5)15(2,3)18/h7-10,18-19H,6,11-12H2,1-5H3. The molecule has 3 nitrogen and oxygen atoms in total. The van der Waals surface area contributed by atoms with E-state index >= 15 is 0 Å². The van der Waals surface area contributed by atoms with Crippen LogP contribution in [0, 0.1) is 0 Å². The molecule has 0 aromatic heterocycles. The minimum atomic E-state index is -1.04. The van der Waals surface area contributed by atoms with E-state index in [1.165, 1.54) is 12.0 Å². The number of thioether (sulfide) groups is 1. The fourth-order valence-corrected chi connectivity index (χ4v) is 2.47. The molecule has 0 aliphatic carbocycles. The summed E-state index contributed by atoms with van der Waals surface area (Å²) in [5, 5.41) is 20.3. The lowest BCUT2D eigenvalue weighted by molar-refractivity contribution is -0.0982. The number of benzene rings is 1. The van der Waals surface area contributed by atoms with E-state index in [0.29, 0.717) is 5.46 Å². The highest BCUT2D eigenvalue weighted by atomic mass is 32.2. The van der Waals surface area contributed by atoms with Crippen molar-refractivity contribution in [3.63, 3.8) is 0 Å². The van der Waals surface area contributed by atoms with Crippen molar-refractivity contribution in [3.8, 4) is 0 Å². The van der Waals surface area contributed by atoms with Gasteiger partial charge in [-0.1, -0.05) is 31.2 Å². The van der Waals surface area contributed by atoms with E-state index in [1.807, 2.05) is 36.0 Å². The van der Waals surface area contributed by atoms with Gasteiger partial charge in [-0.2, -0.15) is 11.8 Å². The Kier molecular flexibility index (Phi) is 6.79. The van der Waals surface area contributed by atoms with Crippen LogP contribution < -0.4 is 5.46 Å². The van der Waals surface area contributed by atoms with E-state index < -0.39 is 18.3 Å². The molecule has 0 spiro atoms. The summed E-state index contributed by atoms with van der Waals surface area (Å²) in [6.45, 7) is 9.06. The second kappa shape index (κ2) is 7.68. The van der Waals surface area contributed by atoms with Crippen LogP contribution in [-0.2, 0) is 10.4 Å². The Labute approximate surface area is 133 Å². The van der Waals surface area contributed by atoms with E-state index in [1.54, 1.807) is 27.7 Å². The SMILES string of the molecule is CCCSCc1ccc(B(O)OC(C)(C)C(C)(C)O)cc1. The van der Waals surface area contributed by atoms with Gasteiger partial charge in [-0.05, 0) is 50.9 Å². The van der Waals surface area contributed by atoms with E-state index in [9.17, 15) is 10.1 Å². The molecule has 0 aliphatic rings. The third kappa shape index (κ3) is 5.66. The first-order valence-electron chi connectivity index (χ1n) is 7.42. The Morgan fingerprint density at radius 1 is 1.14 bits per heavy atom. The maximum absolute atomic E-state index is 10.2. The minimum Gasteiger partial charge on any atom is -0.423 e. The molecule has 0 aliphatic heterocycles. The van der Waals surface area contributed by atoms with E-state index in [4.69, 9.17) is 4.65 Å². The molecule has 1 aromatic carbocycles. The summed E-state index contributed by atoms with van der Waals surface area (Å²) in [6, 6.07) is 7.79. The van der Waals surface area contributed by atoms with Crippen molar-refractivity contribution in [1.82, 2.24) is 0 Å². The molecule has 0 saturated heterocycles. The highest BCUT2D eigenvalue weighted by Gasteiger charge is 2.39. The van der Waals surface area contributed by atoms with Gasteiger partial charge in [0.25, 0.3) is 0 Å². The molecule has 0 saturated carbocycles. The quantitative estimate of drug-likeness (QED) is 0.572. The Balaban J connectivity index is 2.65. The van der Waals surface area contributed by atoms with Crippen LogP contribution in [0.5, 0.6) is 0 Å². The lowest BCUT2D eigenvalue weighted by atomic mass is 9.76. The zero-order chi connectivity index (χ0) is 16.1.